The summed E-state index contributed by atoms with van der Waals surface area (Å²) in [7, 11) is 0. The molecule has 0 saturated carbocycles. The van der Waals surface area contributed by atoms with Crippen LogP contribution in [0.1, 0.15) is 12.8 Å². The molecule has 18 heavy (non-hydrogen) atoms. The number of benzene rings is 1. The summed E-state index contributed by atoms with van der Waals surface area (Å²) in [6.45, 7) is 0. The maximum Gasteiger partial charge on any atom is 0.332 e. The molecule has 1 saturated heterocycles. The van der Waals surface area contributed by atoms with Crippen molar-refractivity contribution in [3.63, 3.8) is 0 Å². The maximum atomic E-state index is 10.7. The van der Waals surface area contributed by atoms with Gasteiger partial charge >= 0.3 is 5.97 Å². The number of carboxylic acid groups (broad SMARTS) is 1. The third-order valence-corrected chi connectivity index (χ3v) is 4.24. The van der Waals surface area contributed by atoms with Crippen LogP contribution in [0, 0.1) is 0 Å². The fourth-order valence-electron chi connectivity index (χ4n) is 1.84. The van der Waals surface area contributed by atoms with Crippen LogP contribution in [0.2, 0.25) is 5.02 Å². The van der Waals surface area contributed by atoms with E-state index in [4.69, 9.17) is 27.2 Å². The molecular formula is C12H14ClNO3S. The highest BCUT2D eigenvalue weighted by Crippen LogP contribution is 2.31. The summed E-state index contributed by atoms with van der Waals surface area (Å²) in [4.78, 5) is 11.7. The van der Waals surface area contributed by atoms with Crippen molar-refractivity contribution in [2.24, 2.45) is 0 Å². The highest BCUT2D eigenvalue weighted by Gasteiger charge is 2.30. The van der Waals surface area contributed by atoms with Crippen molar-refractivity contribution >= 4 is 35.0 Å². The Bertz CT molecular complexity index is 455. The second-order valence-electron chi connectivity index (χ2n) is 4.16. The second kappa shape index (κ2) is 5.82. The van der Waals surface area contributed by atoms with E-state index in [1.54, 1.807) is 23.9 Å². The number of ether oxygens (including phenoxy) is 1. The van der Waals surface area contributed by atoms with Crippen molar-refractivity contribution in [1.82, 2.24) is 0 Å². The number of aliphatic carboxylic acids is 1. The lowest BCUT2D eigenvalue weighted by Crippen LogP contribution is -2.21. The van der Waals surface area contributed by atoms with E-state index in [1.807, 2.05) is 6.07 Å². The predicted octanol–water partition coefficient (Wildman–Crippen LogP) is 2.65. The third-order valence-electron chi connectivity index (χ3n) is 2.78. The highest BCUT2D eigenvalue weighted by atomic mass is 35.5. The van der Waals surface area contributed by atoms with Gasteiger partial charge in [0.2, 0.25) is 0 Å². The van der Waals surface area contributed by atoms with E-state index in [0.717, 1.165) is 11.3 Å². The van der Waals surface area contributed by atoms with E-state index in [2.05, 4.69) is 0 Å². The predicted molar refractivity (Wildman–Crippen MR) is 72.1 cm³/mol. The molecule has 1 aromatic rings. The molecule has 4 nitrogen and oxygen atoms in total. The first kappa shape index (κ1) is 13.5. The maximum absolute atomic E-state index is 10.7. The van der Waals surface area contributed by atoms with Crippen LogP contribution in [0.4, 0.5) is 5.69 Å². The van der Waals surface area contributed by atoms with Crippen LogP contribution in [-0.2, 0) is 9.53 Å². The van der Waals surface area contributed by atoms with E-state index in [-0.39, 0.29) is 6.10 Å². The van der Waals surface area contributed by atoms with Crippen LogP contribution < -0.4 is 5.73 Å². The number of hydrogen-bond acceptors (Lipinski definition) is 4. The minimum atomic E-state index is -0.881. The zero-order valence-corrected chi connectivity index (χ0v) is 11.2. The monoisotopic (exact) mass is 287 g/mol. The molecule has 1 aliphatic heterocycles. The van der Waals surface area contributed by atoms with Crippen LogP contribution in [0.3, 0.4) is 0 Å². The standard InChI is InChI=1S/C12H14ClNO3S/c13-7-1-4-11(9(14)5-7)18-6-8-2-3-10(17-8)12(15)16/h1,4-5,8,10H,2-3,6,14H2,(H,15,16). The van der Waals surface area contributed by atoms with Gasteiger partial charge in [0.05, 0.1) is 6.10 Å². The first-order chi connectivity index (χ1) is 8.56. The lowest BCUT2D eigenvalue weighted by Gasteiger charge is -2.11. The van der Waals surface area contributed by atoms with Gasteiger partial charge in [-0.15, -0.1) is 11.8 Å². The van der Waals surface area contributed by atoms with Crippen LogP contribution in [0.5, 0.6) is 0 Å². The van der Waals surface area contributed by atoms with Crippen molar-refractivity contribution in [3.05, 3.63) is 23.2 Å². The molecule has 1 aliphatic rings. The molecule has 0 aliphatic carbocycles. The minimum absolute atomic E-state index is 0.0221. The average molecular weight is 288 g/mol. The number of carbonyl (C=O) groups is 1. The van der Waals surface area contributed by atoms with Crippen molar-refractivity contribution in [2.75, 3.05) is 11.5 Å². The number of carboxylic acids is 1. The van der Waals surface area contributed by atoms with E-state index >= 15 is 0 Å². The molecule has 1 fully saturated rings. The quantitative estimate of drug-likeness (QED) is 0.658. The first-order valence-electron chi connectivity index (χ1n) is 5.62. The average Bonchev–Trinajstić information content (AvgIpc) is 2.76. The summed E-state index contributed by atoms with van der Waals surface area (Å²) in [5, 5.41) is 9.44. The molecule has 0 aromatic heterocycles. The van der Waals surface area contributed by atoms with Gasteiger partial charge in [-0.1, -0.05) is 11.6 Å². The Morgan fingerprint density at radius 2 is 2.33 bits per heavy atom. The molecule has 1 heterocycles. The fourth-order valence-corrected chi connectivity index (χ4v) is 3.02. The Morgan fingerprint density at radius 3 is 2.94 bits per heavy atom. The molecule has 2 atom stereocenters. The Morgan fingerprint density at radius 1 is 1.56 bits per heavy atom. The lowest BCUT2D eigenvalue weighted by atomic mass is 10.2. The van der Waals surface area contributed by atoms with Gasteiger partial charge in [0.25, 0.3) is 0 Å². The SMILES string of the molecule is Nc1cc(Cl)ccc1SCC1CCC(C(=O)O)O1. The van der Waals surface area contributed by atoms with E-state index in [1.165, 1.54) is 0 Å². The van der Waals surface area contributed by atoms with Gasteiger partial charge in [-0.05, 0) is 31.0 Å². The van der Waals surface area contributed by atoms with Gasteiger partial charge in [-0.2, -0.15) is 0 Å². The van der Waals surface area contributed by atoms with Gasteiger partial charge in [-0.25, -0.2) is 4.79 Å². The number of hydrogen-bond donors (Lipinski definition) is 2. The van der Waals surface area contributed by atoms with Crippen LogP contribution in [0.25, 0.3) is 0 Å². The number of nitrogens with two attached hydrogens (primary N) is 1. The highest BCUT2D eigenvalue weighted by molar-refractivity contribution is 7.99. The molecular weight excluding hydrogens is 274 g/mol. The van der Waals surface area contributed by atoms with Crippen LogP contribution in [-0.4, -0.2) is 29.0 Å². The zero-order chi connectivity index (χ0) is 13.1. The second-order valence-corrected chi connectivity index (χ2v) is 5.65. The Balaban J connectivity index is 1.87. The topological polar surface area (TPSA) is 72.6 Å². The van der Waals surface area contributed by atoms with Crippen molar-refractivity contribution < 1.29 is 14.6 Å². The summed E-state index contributed by atoms with van der Waals surface area (Å²) < 4.78 is 5.42. The van der Waals surface area contributed by atoms with Gasteiger partial charge in [0.1, 0.15) is 0 Å². The molecule has 0 bridgehead atoms. The largest absolute Gasteiger partial charge is 0.479 e. The van der Waals surface area contributed by atoms with Crippen molar-refractivity contribution in [2.45, 2.75) is 29.9 Å². The normalized spacial score (nSPS) is 23.2. The first-order valence-corrected chi connectivity index (χ1v) is 6.98. The van der Waals surface area contributed by atoms with Gasteiger partial charge < -0.3 is 15.6 Å². The van der Waals surface area contributed by atoms with Gasteiger partial charge in [0.15, 0.2) is 6.10 Å². The smallest absolute Gasteiger partial charge is 0.332 e. The fraction of sp³-hybridized carbons (Fsp3) is 0.417. The number of nitrogen functional groups attached to an aromatic ring is 1. The summed E-state index contributed by atoms with van der Waals surface area (Å²) in [6.07, 6.45) is 0.679. The van der Waals surface area contributed by atoms with Crippen molar-refractivity contribution in [1.29, 1.82) is 0 Å². The van der Waals surface area contributed by atoms with E-state index in [0.29, 0.717) is 22.9 Å². The molecule has 3 N–H and O–H groups in total. The van der Waals surface area contributed by atoms with Crippen LogP contribution >= 0.6 is 23.4 Å². The molecule has 6 heteroatoms. The molecule has 98 valence electrons. The van der Waals surface area contributed by atoms with Crippen LogP contribution in [0.15, 0.2) is 23.1 Å². The lowest BCUT2D eigenvalue weighted by molar-refractivity contribution is -0.148. The number of rotatable bonds is 4. The number of halogens is 1. The summed E-state index contributed by atoms with van der Waals surface area (Å²) >= 11 is 7.38. The summed E-state index contributed by atoms with van der Waals surface area (Å²) in [5.41, 5.74) is 6.48. The van der Waals surface area contributed by atoms with Gasteiger partial charge in [0, 0.05) is 21.4 Å². The Labute approximate surface area is 114 Å². The van der Waals surface area contributed by atoms with Gasteiger partial charge in [-0.3, -0.25) is 0 Å². The minimum Gasteiger partial charge on any atom is -0.479 e. The van der Waals surface area contributed by atoms with E-state index < -0.39 is 12.1 Å². The summed E-state index contributed by atoms with van der Waals surface area (Å²) in [6, 6.07) is 5.36. The molecule has 1 aromatic carbocycles. The molecule has 0 amide bonds. The Hall–Kier alpha value is -0.910. The molecule has 0 radical (unpaired) electrons. The molecule has 0 spiro atoms. The molecule has 2 rings (SSSR count). The van der Waals surface area contributed by atoms with Crippen molar-refractivity contribution in [3.8, 4) is 0 Å². The number of anilines is 1. The Kier molecular flexibility index (Phi) is 4.37. The zero-order valence-electron chi connectivity index (χ0n) is 9.64. The third kappa shape index (κ3) is 3.31. The summed E-state index contributed by atoms with van der Waals surface area (Å²) in [5.74, 6) is -0.177. The van der Waals surface area contributed by atoms with E-state index in [9.17, 15) is 4.79 Å². The molecule has 2 unspecified atom stereocenters. The number of thioether (sulfide) groups is 1.